The minimum absolute atomic E-state index is 0.0154. The van der Waals surface area contributed by atoms with Crippen molar-refractivity contribution >= 4 is 34.4 Å². The quantitative estimate of drug-likeness (QED) is 0.224. The van der Waals surface area contributed by atoms with Gasteiger partial charge in [-0.05, 0) is 50.5 Å². The van der Waals surface area contributed by atoms with Gasteiger partial charge in [-0.25, -0.2) is 4.98 Å². The molecule has 0 unspecified atom stereocenters. The van der Waals surface area contributed by atoms with Crippen LogP contribution in [-0.4, -0.2) is 27.0 Å². The number of fused-ring (bicyclic) bond motifs is 1. The van der Waals surface area contributed by atoms with Crippen LogP contribution in [0.4, 0.5) is 0 Å². The fourth-order valence-electron chi connectivity index (χ4n) is 3.45. The summed E-state index contributed by atoms with van der Waals surface area (Å²) >= 11 is 1.29. The van der Waals surface area contributed by atoms with Crippen LogP contribution in [0.2, 0.25) is 0 Å². The van der Waals surface area contributed by atoms with Crippen molar-refractivity contribution in [1.29, 1.82) is 0 Å². The van der Waals surface area contributed by atoms with E-state index in [-0.39, 0.29) is 23.0 Å². The topological polar surface area (TPSA) is 95.1 Å². The van der Waals surface area contributed by atoms with Crippen molar-refractivity contribution in [2.45, 2.75) is 51.2 Å². The molecule has 1 amide bonds. The van der Waals surface area contributed by atoms with Crippen LogP contribution in [0, 0.1) is 13.8 Å². The number of primary amides is 1. The predicted octanol–water partition coefficient (Wildman–Crippen LogP) is 4.03. The number of hydrogen-bond donors (Lipinski definition) is 1. The SMILES string of the molecule is Cc1ccc(C)c(C(=O)CSc2nc3ccccc3c(=O)n2CCCCCC(N)=O)c1. The molecule has 0 aliphatic heterocycles. The minimum atomic E-state index is -0.314. The Morgan fingerprint density at radius 3 is 2.61 bits per heavy atom. The molecule has 2 aromatic carbocycles. The first-order valence-corrected chi connectivity index (χ1v) is 11.4. The summed E-state index contributed by atoms with van der Waals surface area (Å²) < 4.78 is 1.65. The molecule has 0 saturated carbocycles. The van der Waals surface area contributed by atoms with E-state index in [1.807, 2.05) is 50.2 Å². The highest BCUT2D eigenvalue weighted by atomic mass is 32.2. The van der Waals surface area contributed by atoms with E-state index in [0.29, 0.717) is 41.0 Å². The van der Waals surface area contributed by atoms with Crippen molar-refractivity contribution in [2.24, 2.45) is 5.73 Å². The van der Waals surface area contributed by atoms with Crippen molar-refractivity contribution in [2.75, 3.05) is 5.75 Å². The van der Waals surface area contributed by atoms with E-state index < -0.39 is 0 Å². The van der Waals surface area contributed by atoms with E-state index in [1.165, 1.54) is 11.8 Å². The molecule has 0 bridgehead atoms. The summed E-state index contributed by atoms with van der Waals surface area (Å²) in [6, 6.07) is 13.1. The van der Waals surface area contributed by atoms with Gasteiger partial charge in [-0.3, -0.25) is 19.0 Å². The second-order valence-electron chi connectivity index (χ2n) is 7.68. The van der Waals surface area contributed by atoms with Crippen molar-refractivity contribution in [1.82, 2.24) is 9.55 Å². The van der Waals surface area contributed by atoms with E-state index in [4.69, 9.17) is 5.73 Å². The zero-order chi connectivity index (χ0) is 22.4. The van der Waals surface area contributed by atoms with Crippen LogP contribution in [0.5, 0.6) is 0 Å². The number of hydrogen-bond acceptors (Lipinski definition) is 5. The number of nitrogens with two attached hydrogens (primary N) is 1. The third-order valence-electron chi connectivity index (χ3n) is 5.16. The Kier molecular flexibility index (Phi) is 7.63. The smallest absolute Gasteiger partial charge is 0.262 e. The Hall–Kier alpha value is -2.93. The number of nitrogens with zero attached hydrogens (tertiary/aromatic N) is 2. The Bertz CT molecular complexity index is 1170. The van der Waals surface area contributed by atoms with Gasteiger partial charge >= 0.3 is 0 Å². The van der Waals surface area contributed by atoms with Crippen molar-refractivity contribution in [3.63, 3.8) is 0 Å². The highest BCUT2D eigenvalue weighted by Gasteiger charge is 2.15. The lowest BCUT2D eigenvalue weighted by Gasteiger charge is -2.13. The van der Waals surface area contributed by atoms with E-state index in [0.717, 1.165) is 24.0 Å². The summed E-state index contributed by atoms with van der Waals surface area (Å²) in [5.41, 5.74) is 8.39. The van der Waals surface area contributed by atoms with Crippen molar-refractivity contribution in [3.8, 4) is 0 Å². The normalized spacial score (nSPS) is 11.0. The molecule has 0 radical (unpaired) electrons. The van der Waals surface area contributed by atoms with Crippen LogP contribution in [0.15, 0.2) is 52.4 Å². The molecule has 0 atom stereocenters. The number of thioether (sulfide) groups is 1. The van der Waals surface area contributed by atoms with Crippen LogP contribution in [-0.2, 0) is 11.3 Å². The summed E-state index contributed by atoms with van der Waals surface area (Å²) in [6.07, 6.45) is 2.55. The molecular formula is C24H27N3O3S. The third kappa shape index (κ3) is 5.82. The second kappa shape index (κ2) is 10.4. The Labute approximate surface area is 185 Å². The van der Waals surface area contributed by atoms with Gasteiger partial charge in [-0.15, -0.1) is 0 Å². The summed E-state index contributed by atoms with van der Waals surface area (Å²) in [4.78, 5) is 41.5. The number of aromatic nitrogens is 2. The molecule has 3 aromatic rings. The van der Waals surface area contributed by atoms with Crippen molar-refractivity contribution in [3.05, 3.63) is 69.5 Å². The molecule has 3 rings (SSSR count). The third-order valence-corrected chi connectivity index (χ3v) is 6.13. The molecule has 0 fully saturated rings. The number of para-hydroxylation sites is 1. The summed E-state index contributed by atoms with van der Waals surface area (Å²) in [6.45, 7) is 4.37. The number of Topliss-reactive ketones (excluding diaryl/α,β-unsaturated/α-hetero) is 1. The number of benzene rings is 2. The monoisotopic (exact) mass is 437 g/mol. The van der Waals surface area contributed by atoms with Gasteiger partial charge in [0.15, 0.2) is 10.9 Å². The van der Waals surface area contributed by atoms with E-state index in [9.17, 15) is 14.4 Å². The Morgan fingerprint density at radius 1 is 1.06 bits per heavy atom. The van der Waals surface area contributed by atoms with Gasteiger partial charge in [0.05, 0.1) is 16.7 Å². The maximum absolute atomic E-state index is 13.1. The molecule has 6 nitrogen and oxygen atoms in total. The maximum Gasteiger partial charge on any atom is 0.262 e. The lowest BCUT2D eigenvalue weighted by Crippen LogP contribution is -2.24. The van der Waals surface area contributed by atoms with Gasteiger partial charge in [0.25, 0.3) is 5.56 Å². The number of carbonyl (C=O) groups excluding carboxylic acids is 2. The zero-order valence-electron chi connectivity index (χ0n) is 17.9. The molecule has 0 aliphatic carbocycles. The lowest BCUT2D eigenvalue weighted by molar-refractivity contribution is -0.118. The van der Waals surface area contributed by atoms with Crippen LogP contribution in [0.1, 0.15) is 47.2 Å². The molecule has 7 heteroatoms. The number of rotatable bonds is 10. The molecule has 0 saturated heterocycles. The average Bonchev–Trinajstić information content (AvgIpc) is 2.74. The average molecular weight is 438 g/mol. The number of carbonyl (C=O) groups is 2. The fourth-order valence-corrected chi connectivity index (χ4v) is 4.35. The van der Waals surface area contributed by atoms with Crippen molar-refractivity contribution < 1.29 is 9.59 Å². The maximum atomic E-state index is 13.1. The first kappa shape index (κ1) is 22.7. The molecular weight excluding hydrogens is 410 g/mol. The van der Waals surface area contributed by atoms with Gasteiger partial charge in [0.1, 0.15) is 0 Å². The van der Waals surface area contributed by atoms with Crippen LogP contribution < -0.4 is 11.3 Å². The largest absolute Gasteiger partial charge is 0.370 e. The van der Waals surface area contributed by atoms with Crippen LogP contribution >= 0.6 is 11.8 Å². The summed E-state index contributed by atoms with van der Waals surface area (Å²) in [7, 11) is 0. The molecule has 162 valence electrons. The van der Waals surface area contributed by atoms with Gasteiger partial charge in [0.2, 0.25) is 5.91 Å². The standard InChI is InChI=1S/C24H27N3O3S/c1-16-11-12-17(2)19(14-16)21(28)15-31-24-26-20-9-6-5-8-18(20)23(30)27(24)13-7-3-4-10-22(25)29/h5-6,8-9,11-12,14H,3-4,7,10,13,15H2,1-2H3,(H2,25,29). The van der Waals surface area contributed by atoms with Gasteiger partial charge in [-0.1, -0.05) is 48.0 Å². The zero-order valence-corrected chi connectivity index (χ0v) is 18.7. The molecule has 1 heterocycles. The van der Waals surface area contributed by atoms with Crippen LogP contribution in [0.3, 0.4) is 0 Å². The molecule has 31 heavy (non-hydrogen) atoms. The molecule has 2 N–H and O–H groups in total. The van der Waals surface area contributed by atoms with Gasteiger partial charge in [0, 0.05) is 18.5 Å². The minimum Gasteiger partial charge on any atom is -0.370 e. The fraction of sp³-hybridized carbons (Fsp3) is 0.333. The number of aryl methyl sites for hydroxylation is 2. The van der Waals surface area contributed by atoms with E-state index >= 15 is 0 Å². The Morgan fingerprint density at radius 2 is 1.84 bits per heavy atom. The predicted molar refractivity (Wildman–Crippen MR) is 125 cm³/mol. The summed E-state index contributed by atoms with van der Waals surface area (Å²) in [5, 5.41) is 1.10. The molecule has 0 spiro atoms. The van der Waals surface area contributed by atoms with Crippen LogP contribution in [0.25, 0.3) is 10.9 Å². The Balaban J connectivity index is 1.82. The first-order valence-electron chi connectivity index (χ1n) is 10.4. The highest BCUT2D eigenvalue weighted by molar-refractivity contribution is 7.99. The van der Waals surface area contributed by atoms with Gasteiger partial charge in [-0.2, -0.15) is 0 Å². The van der Waals surface area contributed by atoms with E-state index in [2.05, 4.69) is 4.98 Å². The molecule has 0 aliphatic rings. The van der Waals surface area contributed by atoms with Gasteiger partial charge < -0.3 is 5.73 Å². The first-order chi connectivity index (χ1) is 14.9. The lowest BCUT2D eigenvalue weighted by atomic mass is 10.0. The molecule has 1 aromatic heterocycles. The highest BCUT2D eigenvalue weighted by Crippen LogP contribution is 2.21. The van der Waals surface area contributed by atoms with E-state index in [1.54, 1.807) is 10.6 Å². The number of unbranched alkanes of at least 4 members (excludes halogenated alkanes) is 2. The second-order valence-corrected chi connectivity index (χ2v) is 8.62. The number of amides is 1. The number of ketones is 1. The summed E-state index contributed by atoms with van der Waals surface area (Å²) in [5.74, 6) is -0.0936.